The smallest absolute Gasteiger partial charge is 0.271 e. The Morgan fingerprint density at radius 1 is 0.967 bits per heavy atom. The fourth-order valence-electron chi connectivity index (χ4n) is 2.58. The van der Waals surface area contributed by atoms with Gasteiger partial charge < -0.3 is 4.74 Å². The minimum absolute atomic E-state index is 0.0428. The number of hydrazine groups is 1. The quantitative estimate of drug-likeness (QED) is 0.479. The molecule has 2 N–H and O–H groups in total. The number of rotatable bonds is 6. The number of aromatic nitrogens is 1. The summed E-state index contributed by atoms with van der Waals surface area (Å²) < 4.78 is 5.75. The van der Waals surface area contributed by atoms with E-state index < -0.39 is 16.7 Å². The maximum atomic E-state index is 12.2. The third-order valence-corrected chi connectivity index (χ3v) is 4.17. The molecule has 0 unspecified atom stereocenters. The van der Waals surface area contributed by atoms with Gasteiger partial charge in [-0.2, -0.15) is 0 Å². The Morgan fingerprint density at radius 2 is 1.67 bits per heavy atom. The second-order valence-electron chi connectivity index (χ2n) is 6.27. The first kappa shape index (κ1) is 20.5. The second kappa shape index (κ2) is 9.28. The molecule has 3 aromatic rings. The number of nitrogens with zero attached hydrogens (tertiary/aromatic N) is 2. The number of hydrogen-bond acceptors (Lipinski definition) is 6. The van der Waals surface area contributed by atoms with E-state index in [0.717, 1.165) is 11.6 Å². The fraction of sp³-hybridized carbons (Fsp3) is 0.0952. The summed E-state index contributed by atoms with van der Waals surface area (Å²) in [5, 5.41) is 10.8. The van der Waals surface area contributed by atoms with Crippen LogP contribution in [0.2, 0.25) is 0 Å². The van der Waals surface area contributed by atoms with Crippen molar-refractivity contribution in [2.24, 2.45) is 0 Å². The number of pyridine rings is 1. The van der Waals surface area contributed by atoms with Crippen LogP contribution in [0.15, 0.2) is 72.9 Å². The van der Waals surface area contributed by atoms with Gasteiger partial charge in [0.25, 0.3) is 17.5 Å². The molecule has 30 heavy (non-hydrogen) atoms. The van der Waals surface area contributed by atoms with Crippen LogP contribution < -0.4 is 15.6 Å². The van der Waals surface area contributed by atoms with Gasteiger partial charge in [-0.3, -0.25) is 30.6 Å². The van der Waals surface area contributed by atoms with E-state index in [9.17, 15) is 19.7 Å². The molecule has 0 aliphatic carbocycles. The molecular formula is C21H18N4O5. The number of nitro benzene ring substituents is 1. The third-order valence-electron chi connectivity index (χ3n) is 4.17. The van der Waals surface area contributed by atoms with Crippen LogP contribution in [0.1, 0.15) is 39.3 Å². The van der Waals surface area contributed by atoms with Crippen LogP contribution in [0.3, 0.4) is 0 Å². The number of nitro groups is 1. The number of carbonyl (C=O) groups excluding carboxylic acids is 2. The van der Waals surface area contributed by atoms with Crippen LogP contribution in [-0.4, -0.2) is 21.7 Å². The number of benzene rings is 2. The van der Waals surface area contributed by atoms with E-state index in [-0.39, 0.29) is 22.9 Å². The molecule has 0 aliphatic rings. The number of non-ortho nitro benzene ring substituents is 1. The van der Waals surface area contributed by atoms with Gasteiger partial charge in [0.05, 0.1) is 10.5 Å². The number of carbonyl (C=O) groups is 2. The predicted octanol–water partition coefficient (Wildman–Crippen LogP) is 3.20. The summed E-state index contributed by atoms with van der Waals surface area (Å²) in [5.41, 5.74) is 5.47. The summed E-state index contributed by atoms with van der Waals surface area (Å²) in [4.78, 5) is 38.6. The van der Waals surface area contributed by atoms with Gasteiger partial charge in [-0.15, -0.1) is 0 Å². The number of amides is 2. The van der Waals surface area contributed by atoms with Crippen molar-refractivity contribution in [3.63, 3.8) is 0 Å². The van der Waals surface area contributed by atoms with Gasteiger partial charge in [0.15, 0.2) is 0 Å². The van der Waals surface area contributed by atoms with E-state index in [1.165, 1.54) is 30.5 Å². The SMILES string of the molecule is C[C@H](Oc1ccc(C(=O)NNC(=O)c2cccc([N+](=O)[O-])c2)cn1)c1ccccc1. The highest BCUT2D eigenvalue weighted by Crippen LogP contribution is 2.19. The molecule has 152 valence electrons. The van der Waals surface area contributed by atoms with Crippen molar-refractivity contribution in [2.45, 2.75) is 13.0 Å². The predicted molar refractivity (Wildman–Crippen MR) is 108 cm³/mol. The van der Waals surface area contributed by atoms with Crippen LogP contribution in [0.4, 0.5) is 5.69 Å². The molecule has 0 radical (unpaired) electrons. The Balaban J connectivity index is 1.56. The topological polar surface area (TPSA) is 123 Å². The summed E-state index contributed by atoms with van der Waals surface area (Å²) in [7, 11) is 0. The zero-order chi connectivity index (χ0) is 21.5. The highest BCUT2D eigenvalue weighted by Gasteiger charge is 2.14. The molecule has 0 aliphatic heterocycles. The first-order valence-electron chi connectivity index (χ1n) is 8.97. The van der Waals surface area contributed by atoms with Gasteiger partial charge in [-0.25, -0.2) is 4.98 Å². The lowest BCUT2D eigenvalue weighted by Crippen LogP contribution is -2.41. The van der Waals surface area contributed by atoms with Crippen molar-refractivity contribution < 1.29 is 19.2 Å². The lowest BCUT2D eigenvalue weighted by atomic mass is 10.1. The molecule has 9 nitrogen and oxygen atoms in total. The van der Waals surface area contributed by atoms with Gasteiger partial charge in [0.1, 0.15) is 6.10 Å². The molecule has 2 aromatic carbocycles. The van der Waals surface area contributed by atoms with Crippen LogP contribution in [0.5, 0.6) is 5.88 Å². The average Bonchev–Trinajstić information content (AvgIpc) is 2.78. The minimum atomic E-state index is -0.684. The van der Waals surface area contributed by atoms with Crippen molar-refractivity contribution >= 4 is 17.5 Å². The Hall–Kier alpha value is -4.27. The molecule has 1 heterocycles. The lowest BCUT2D eigenvalue weighted by Gasteiger charge is -2.14. The van der Waals surface area contributed by atoms with Gasteiger partial charge in [0, 0.05) is 30.0 Å². The van der Waals surface area contributed by atoms with Crippen LogP contribution in [-0.2, 0) is 0 Å². The number of hydrogen-bond donors (Lipinski definition) is 2. The maximum Gasteiger partial charge on any atom is 0.271 e. The zero-order valence-electron chi connectivity index (χ0n) is 15.9. The summed E-state index contributed by atoms with van der Waals surface area (Å²) in [6.45, 7) is 1.89. The first-order chi connectivity index (χ1) is 14.4. The molecule has 0 bridgehead atoms. The highest BCUT2D eigenvalue weighted by atomic mass is 16.6. The molecule has 0 saturated carbocycles. The molecule has 1 aromatic heterocycles. The highest BCUT2D eigenvalue weighted by molar-refractivity contribution is 5.99. The molecule has 9 heteroatoms. The van der Waals surface area contributed by atoms with Gasteiger partial charge in [-0.1, -0.05) is 36.4 Å². The summed E-state index contributed by atoms with van der Waals surface area (Å²) in [6, 6.07) is 17.9. The normalized spacial score (nSPS) is 11.2. The molecule has 0 fully saturated rings. The van der Waals surface area contributed by atoms with Gasteiger partial charge in [0.2, 0.25) is 5.88 Å². The van der Waals surface area contributed by atoms with E-state index in [0.29, 0.717) is 5.88 Å². The molecule has 2 amide bonds. The summed E-state index contributed by atoms with van der Waals surface area (Å²) >= 11 is 0. The van der Waals surface area contributed by atoms with Crippen molar-refractivity contribution in [1.29, 1.82) is 0 Å². The van der Waals surface area contributed by atoms with E-state index >= 15 is 0 Å². The van der Waals surface area contributed by atoms with Crippen molar-refractivity contribution in [3.05, 3.63) is 99.7 Å². The monoisotopic (exact) mass is 406 g/mol. The average molecular weight is 406 g/mol. The van der Waals surface area contributed by atoms with Gasteiger partial charge >= 0.3 is 0 Å². The Labute approximate surface area is 171 Å². The van der Waals surface area contributed by atoms with E-state index in [1.54, 1.807) is 6.07 Å². The summed E-state index contributed by atoms with van der Waals surface area (Å²) in [5.74, 6) is -0.927. The Morgan fingerprint density at radius 3 is 2.30 bits per heavy atom. The third kappa shape index (κ3) is 5.16. The molecular weight excluding hydrogens is 388 g/mol. The van der Waals surface area contributed by atoms with Crippen molar-refractivity contribution in [3.8, 4) is 5.88 Å². The Kier molecular flexibility index (Phi) is 6.33. The molecule has 0 spiro atoms. The van der Waals surface area contributed by atoms with Crippen LogP contribution in [0.25, 0.3) is 0 Å². The maximum absolute atomic E-state index is 12.2. The van der Waals surface area contributed by atoms with Gasteiger partial charge in [-0.05, 0) is 24.6 Å². The first-order valence-corrected chi connectivity index (χ1v) is 8.97. The van der Waals surface area contributed by atoms with Crippen molar-refractivity contribution in [2.75, 3.05) is 0 Å². The Bertz CT molecular complexity index is 1050. The molecule has 3 rings (SSSR count). The van der Waals surface area contributed by atoms with Crippen LogP contribution in [0, 0.1) is 10.1 Å². The minimum Gasteiger partial charge on any atom is -0.470 e. The molecule has 0 saturated heterocycles. The zero-order valence-corrected chi connectivity index (χ0v) is 15.9. The van der Waals surface area contributed by atoms with Crippen molar-refractivity contribution in [1.82, 2.24) is 15.8 Å². The fourth-order valence-corrected chi connectivity index (χ4v) is 2.58. The van der Waals surface area contributed by atoms with Crippen LogP contribution >= 0.6 is 0 Å². The number of nitrogens with one attached hydrogen (secondary N) is 2. The second-order valence-corrected chi connectivity index (χ2v) is 6.27. The van der Waals surface area contributed by atoms with E-state index in [4.69, 9.17) is 4.74 Å². The standard InChI is InChI=1S/C21H18N4O5/c1-14(15-6-3-2-4-7-15)30-19-11-10-17(13-22-19)21(27)24-23-20(26)16-8-5-9-18(12-16)25(28)29/h2-14H,1H3,(H,23,26)(H,24,27)/t14-/m0/s1. The number of ether oxygens (including phenoxy) is 1. The summed E-state index contributed by atoms with van der Waals surface area (Å²) in [6.07, 6.45) is 1.11. The largest absolute Gasteiger partial charge is 0.470 e. The van der Waals surface area contributed by atoms with E-state index in [1.807, 2.05) is 37.3 Å². The molecule has 1 atom stereocenters. The lowest BCUT2D eigenvalue weighted by molar-refractivity contribution is -0.384. The van der Waals surface area contributed by atoms with E-state index in [2.05, 4.69) is 15.8 Å².